The molecule has 1 fully saturated rings. The van der Waals surface area contributed by atoms with Gasteiger partial charge in [-0.2, -0.15) is 0 Å². The zero-order valence-corrected chi connectivity index (χ0v) is 13.4. The normalized spacial score (nSPS) is 22.5. The van der Waals surface area contributed by atoms with Crippen molar-refractivity contribution >= 4 is 17.8 Å². The monoisotopic (exact) mass is 331 g/mol. The molecule has 1 heterocycles. The van der Waals surface area contributed by atoms with Crippen molar-refractivity contribution in [2.75, 3.05) is 6.54 Å². The molecule has 3 N–H and O–H groups in total. The minimum Gasteiger partial charge on any atom is -0.319 e. The Morgan fingerprint density at radius 3 is 2.88 bits per heavy atom. The lowest BCUT2D eigenvalue weighted by atomic mass is 9.76. The predicted molar refractivity (Wildman–Crippen MR) is 85.1 cm³/mol. The minimum atomic E-state index is -0.936. The molecule has 1 aliphatic carbocycles. The van der Waals surface area contributed by atoms with Crippen molar-refractivity contribution in [3.8, 4) is 0 Å². The first-order valence-electron chi connectivity index (χ1n) is 8.24. The van der Waals surface area contributed by atoms with E-state index in [2.05, 4.69) is 5.32 Å². The number of carbonyl (C=O) groups excluding carboxylic acids is 3. The van der Waals surface area contributed by atoms with Gasteiger partial charge in [0.05, 0.1) is 0 Å². The van der Waals surface area contributed by atoms with Gasteiger partial charge in [0.2, 0.25) is 5.91 Å². The van der Waals surface area contributed by atoms with Gasteiger partial charge >= 0.3 is 6.03 Å². The van der Waals surface area contributed by atoms with Crippen LogP contribution in [0, 0.1) is 0 Å². The van der Waals surface area contributed by atoms with E-state index in [4.69, 9.17) is 5.21 Å². The van der Waals surface area contributed by atoms with Gasteiger partial charge in [-0.25, -0.2) is 10.3 Å². The Balaban J connectivity index is 1.72. The van der Waals surface area contributed by atoms with Crippen molar-refractivity contribution in [2.24, 2.45) is 0 Å². The van der Waals surface area contributed by atoms with Crippen molar-refractivity contribution in [1.82, 2.24) is 15.7 Å². The van der Waals surface area contributed by atoms with E-state index in [1.165, 1.54) is 4.90 Å². The lowest BCUT2D eigenvalue weighted by Gasteiger charge is -2.33. The van der Waals surface area contributed by atoms with Gasteiger partial charge < -0.3 is 5.32 Å². The fraction of sp³-hybridized carbons (Fsp3) is 0.471. The third-order valence-electron chi connectivity index (χ3n) is 4.81. The first-order chi connectivity index (χ1) is 11.6. The predicted octanol–water partition coefficient (Wildman–Crippen LogP) is 1.45. The maximum Gasteiger partial charge on any atom is 0.325 e. The second kappa shape index (κ2) is 6.60. The molecule has 0 radical (unpaired) electrons. The Morgan fingerprint density at radius 2 is 2.08 bits per heavy atom. The molecule has 7 heteroatoms. The Kier molecular flexibility index (Phi) is 4.53. The van der Waals surface area contributed by atoms with Crippen LogP contribution in [0.4, 0.5) is 4.79 Å². The van der Waals surface area contributed by atoms with Crippen LogP contribution in [0.25, 0.3) is 0 Å². The van der Waals surface area contributed by atoms with Crippen molar-refractivity contribution < 1.29 is 19.6 Å². The van der Waals surface area contributed by atoms with Gasteiger partial charge in [-0.3, -0.25) is 19.7 Å². The van der Waals surface area contributed by atoms with E-state index in [-0.39, 0.29) is 24.9 Å². The van der Waals surface area contributed by atoms with E-state index in [0.29, 0.717) is 19.3 Å². The fourth-order valence-corrected chi connectivity index (χ4v) is 3.63. The van der Waals surface area contributed by atoms with E-state index in [1.807, 2.05) is 24.3 Å². The highest BCUT2D eigenvalue weighted by molar-refractivity contribution is 6.07. The summed E-state index contributed by atoms with van der Waals surface area (Å²) in [6.45, 7) is 0.271. The van der Waals surface area contributed by atoms with Gasteiger partial charge in [0, 0.05) is 13.0 Å². The number of hydroxylamine groups is 1. The fourth-order valence-electron chi connectivity index (χ4n) is 3.63. The Labute approximate surface area is 140 Å². The maximum atomic E-state index is 13.0. The molecule has 128 valence electrons. The maximum absolute atomic E-state index is 13.0. The summed E-state index contributed by atoms with van der Waals surface area (Å²) in [6.07, 6.45) is 3.55. The molecule has 1 spiro atoms. The number of aryl methyl sites for hydroxylation is 1. The zero-order chi connectivity index (χ0) is 17.2. The van der Waals surface area contributed by atoms with E-state index >= 15 is 0 Å². The van der Waals surface area contributed by atoms with E-state index in [9.17, 15) is 14.4 Å². The molecule has 7 nitrogen and oxygen atoms in total. The lowest BCUT2D eigenvalue weighted by Crippen LogP contribution is -2.46. The second-order valence-electron chi connectivity index (χ2n) is 6.30. The SMILES string of the molecule is O=C(CCCCN1C(=O)NC2(CCCc3ccccc32)C1=O)NO. The molecular weight excluding hydrogens is 310 g/mol. The van der Waals surface area contributed by atoms with Gasteiger partial charge in [0.15, 0.2) is 0 Å². The molecule has 24 heavy (non-hydrogen) atoms. The number of fused-ring (bicyclic) bond motifs is 2. The summed E-state index contributed by atoms with van der Waals surface area (Å²) in [5, 5.41) is 11.4. The summed E-state index contributed by atoms with van der Waals surface area (Å²) < 4.78 is 0. The minimum absolute atomic E-state index is 0.161. The molecule has 0 bridgehead atoms. The van der Waals surface area contributed by atoms with Crippen molar-refractivity contribution in [3.63, 3.8) is 0 Å². The number of nitrogens with one attached hydrogen (secondary N) is 2. The average molecular weight is 331 g/mol. The largest absolute Gasteiger partial charge is 0.325 e. The molecule has 0 saturated carbocycles. The van der Waals surface area contributed by atoms with Crippen molar-refractivity contribution in [2.45, 2.75) is 44.1 Å². The first-order valence-corrected chi connectivity index (χ1v) is 8.24. The summed E-state index contributed by atoms with van der Waals surface area (Å²) in [4.78, 5) is 37.5. The highest BCUT2D eigenvalue weighted by Gasteiger charge is 2.53. The molecule has 1 atom stereocenters. The van der Waals surface area contributed by atoms with Crippen LogP contribution >= 0.6 is 0 Å². The number of amides is 4. The number of hydrogen-bond donors (Lipinski definition) is 3. The Bertz CT molecular complexity index is 676. The smallest absolute Gasteiger partial charge is 0.319 e. The number of nitrogens with zero attached hydrogens (tertiary/aromatic N) is 1. The van der Waals surface area contributed by atoms with Crippen molar-refractivity contribution in [3.05, 3.63) is 35.4 Å². The molecule has 1 unspecified atom stereocenters. The van der Waals surface area contributed by atoms with Crippen LogP contribution < -0.4 is 10.8 Å². The van der Waals surface area contributed by atoms with Gasteiger partial charge in [-0.05, 0) is 43.2 Å². The summed E-state index contributed by atoms with van der Waals surface area (Å²) in [7, 11) is 0. The zero-order valence-electron chi connectivity index (χ0n) is 13.4. The number of unbranched alkanes of at least 4 members (excludes halogenated alkanes) is 1. The van der Waals surface area contributed by atoms with Gasteiger partial charge in [-0.15, -0.1) is 0 Å². The van der Waals surface area contributed by atoms with Crippen LogP contribution in [0.5, 0.6) is 0 Å². The van der Waals surface area contributed by atoms with E-state index < -0.39 is 11.4 Å². The summed E-state index contributed by atoms with van der Waals surface area (Å²) in [6, 6.07) is 7.39. The Hall–Kier alpha value is -2.41. The van der Waals surface area contributed by atoms with Crippen LogP contribution in [0.15, 0.2) is 24.3 Å². The molecule has 1 saturated heterocycles. The summed E-state index contributed by atoms with van der Waals surface area (Å²) >= 11 is 0. The highest BCUT2D eigenvalue weighted by atomic mass is 16.5. The molecular formula is C17H21N3O4. The van der Waals surface area contributed by atoms with Gasteiger partial charge in [0.1, 0.15) is 5.54 Å². The highest BCUT2D eigenvalue weighted by Crippen LogP contribution is 2.39. The van der Waals surface area contributed by atoms with Crippen molar-refractivity contribution in [1.29, 1.82) is 0 Å². The number of hydrogen-bond acceptors (Lipinski definition) is 4. The third kappa shape index (κ3) is 2.75. The summed E-state index contributed by atoms with van der Waals surface area (Å²) in [5.74, 6) is -0.670. The topological polar surface area (TPSA) is 98.7 Å². The van der Waals surface area contributed by atoms with Crippen LogP contribution in [0.3, 0.4) is 0 Å². The van der Waals surface area contributed by atoms with Crippen LogP contribution in [0.2, 0.25) is 0 Å². The third-order valence-corrected chi connectivity index (χ3v) is 4.81. The standard InChI is InChI=1S/C17H21N3O4/c21-14(19-24)9-3-4-11-20-15(22)17(18-16(20)23)10-5-7-12-6-1-2-8-13(12)17/h1-2,6,8,24H,3-5,7,9-11H2,(H,18,23)(H,19,21). The molecule has 1 aliphatic heterocycles. The quantitative estimate of drug-likeness (QED) is 0.329. The molecule has 1 aromatic carbocycles. The number of imide groups is 1. The second-order valence-corrected chi connectivity index (χ2v) is 6.30. The van der Waals surface area contributed by atoms with Crippen LogP contribution in [-0.4, -0.2) is 34.5 Å². The Morgan fingerprint density at radius 1 is 1.29 bits per heavy atom. The molecule has 0 aromatic heterocycles. The van der Waals surface area contributed by atoms with E-state index in [1.54, 1.807) is 5.48 Å². The number of benzene rings is 1. The molecule has 1 aromatic rings. The average Bonchev–Trinajstić information content (AvgIpc) is 2.83. The molecule has 2 aliphatic rings. The summed E-state index contributed by atoms with van der Waals surface area (Å²) in [5.41, 5.74) is 2.64. The lowest BCUT2D eigenvalue weighted by molar-refractivity contribution is -0.132. The van der Waals surface area contributed by atoms with E-state index in [0.717, 1.165) is 24.0 Å². The number of urea groups is 1. The number of carbonyl (C=O) groups is 3. The molecule has 3 rings (SSSR count). The van der Waals surface area contributed by atoms with Gasteiger partial charge in [0.25, 0.3) is 5.91 Å². The first kappa shape index (κ1) is 16.4. The van der Waals surface area contributed by atoms with Crippen LogP contribution in [-0.2, 0) is 21.5 Å². The van der Waals surface area contributed by atoms with Gasteiger partial charge in [-0.1, -0.05) is 24.3 Å². The molecule has 4 amide bonds. The van der Waals surface area contributed by atoms with Crippen LogP contribution in [0.1, 0.15) is 43.2 Å². The number of rotatable bonds is 5.